The molecule has 1 rings (SSSR count). The largest absolute Gasteiger partial charge is 0.478 e. The van der Waals surface area contributed by atoms with Crippen molar-refractivity contribution in [2.24, 2.45) is 10.2 Å². The number of hydrogen-bond donors (Lipinski definition) is 1. The van der Waals surface area contributed by atoms with Crippen LogP contribution in [0.1, 0.15) is 40.2 Å². The molecule has 1 N–H and O–H groups in total. The highest BCUT2D eigenvalue weighted by Gasteiger charge is 2.06. The van der Waals surface area contributed by atoms with E-state index in [1.165, 1.54) is 12.5 Å². The first-order valence-corrected chi connectivity index (χ1v) is 9.05. The molecule has 0 spiro atoms. The van der Waals surface area contributed by atoms with Crippen LogP contribution < -0.4 is 0 Å². The van der Waals surface area contributed by atoms with Crippen LogP contribution in [0.3, 0.4) is 0 Å². The molecule has 30 heavy (non-hydrogen) atoms. The summed E-state index contributed by atoms with van der Waals surface area (Å²) in [5.74, 6) is -0.935. The third kappa shape index (κ3) is 20.8. The van der Waals surface area contributed by atoms with E-state index in [0.717, 1.165) is 0 Å². The predicted molar refractivity (Wildman–Crippen MR) is 116 cm³/mol. The van der Waals surface area contributed by atoms with Crippen LogP contribution in [0.4, 0.5) is 9.59 Å². The second kappa shape index (κ2) is 17.5. The van der Waals surface area contributed by atoms with Crippen molar-refractivity contribution in [2.45, 2.75) is 46.8 Å². The standard InChI is InChI=1S/C10H10.C8H14N2O4.C4H6O2/c1-2-3-7-10-8-5-4-6-9-10;1-5(2)13-7(11)9-10-8(12)14-6(3)4;1-3(2)4(5)6/h2-9H,1H2;5-6H,1-4H3;1H2,2H3,(H,5,6). The van der Waals surface area contributed by atoms with E-state index < -0.39 is 18.2 Å². The van der Waals surface area contributed by atoms with Gasteiger partial charge >= 0.3 is 18.2 Å². The van der Waals surface area contributed by atoms with E-state index in [0.29, 0.717) is 0 Å². The molecule has 0 unspecified atom stereocenters. The lowest BCUT2D eigenvalue weighted by Gasteiger charge is -2.03. The molecule has 0 atom stereocenters. The molecule has 1 aromatic rings. The van der Waals surface area contributed by atoms with Gasteiger partial charge in [0.1, 0.15) is 0 Å². The number of nitrogens with zero attached hydrogens (tertiary/aromatic N) is 2. The molecule has 0 saturated carbocycles. The summed E-state index contributed by atoms with van der Waals surface area (Å²) in [4.78, 5) is 31.1. The summed E-state index contributed by atoms with van der Waals surface area (Å²) in [6.07, 6.45) is 3.33. The Labute approximate surface area is 177 Å². The van der Waals surface area contributed by atoms with Crippen molar-refractivity contribution < 1.29 is 29.0 Å². The molecule has 8 nitrogen and oxygen atoms in total. The summed E-state index contributed by atoms with van der Waals surface area (Å²) in [6, 6.07) is 10.1. The zero-order chi connectivity index (χ0) is 23.5. The van der Waals surface area contributed by atoms with Gasteiger partial charge in [0.05, 0.1) is 12.2 Å². The summed E-state index contributed by atoms with van der Waals surface area (Å²) in [7, 11) is 0. The highest BCUT2D eigenvalue weighted by Crippen LogP contribution is 2.00. The first-order chi connectivity index (χ1) is 14.0. The maximum Gasteiger partial charge on any atom is 0.452 e. The van der Waals surface area contributed by atoms with E-state index in [-0.39, 0.29) is 17.8 Å². The quantitative estimate of drug-likeness (QED) is 0.353. The first kappa shape index (κ1) is 28.7. The molecular weight excluding hydrogens is 388 g/mol. The second-order valence-corrected chi connectivity index (χ2v) is 6.16. The van der Waals surface area contributed by atoms with Crippen molar-refractivity contribution in [3.63, 3.8) is 0 Å². The Morgan fingerprint density at radius 3 is 1.67 bits per heavy atom. The molecule has 0 radical (unpaired) electrons. The highest BCUT2D eigenvalue weighted by atomic mass is 16.6. The molecular formula is C22H30N2O6. The Bertz CT molecular complexity index is 701. The van der Waals surface area contributed by atoms with Crippen LogP contribution in [0.2, 0.25) is 0 Å². The van der Waals surface area contributed by atoms with Gasteiger partial charge in [-0.25, -0.2) is 14.4 Å². The lowest BCUT2D eigenvalue weighted by molar-refractivity contribution is -0.132. The van der Waals surface area contributed by atoms with Gasteiger partial charge in [0.15, 0.2) is 0 Å². The number of ether oxygens (including phenoxy) is 2. The second-order valence-electron chi connectivity index (χ2n) is 6.16. The average Bonchev–Trinajstić information content (AvgIpc) is 2.65. The fraction of sp³-hybridized carbons (Fsp3) is 0.318. The van der Waals surface area contributed by atoms with Crippen LogP contribution in [0, 0.1) is 0 Å². The highest BCUT2D eigenvalue weighted by molar-refractivity contribution is 5.84. The molecule has 0 aliphatic heterocycles. The maximum absolute atomic E-state index is 10.8. The van der Waals surface area contributed by atoms with Crippen LogP contribution in [-0.4, -0.2) is 35.5 Å². The fourth-order valence-corrected chi connectivity index (χ4v) is 1.28. The van der Waals surface area contributed by atoms with Gasteiger partial charge in [-0.15, -0.1) is 0 Å². The number of carbonyl (C=O) groups excluding carboxylic acids is 2. The van der Waals surface area contributed by atoms with Gasteiger partial charge in [0, 0.05) is 5.57 Å². The lowest BCUT2D eigenvalue weighted by atomic mass is 10.2. The Morgan fingerprint density at radius 2 is 1.37 bits per heavy atom. The molecule has 0 aliphatic rings. The summed E-state index contributed by atoms with van der Waals surface area (Å²) in [6.45, 7) is 14.9. The Hall–Kier alpha value is -3.55. The number of hydrogen-bond acceptors (Lipinski definition) is 5. The first-order valence-electron chi connectivity index (χ1n) is 9.05. The smallest absolute Gasteiger partial charge is 0.452 e. The van der Waals surface area contributed by atoms with Crippen molar-refractivity contribution in [1.29, 1.82) is 0 Å². The van der Waals surface area contributed by atoms with E-state index in [4.69, 9.17) is 5.11 Å². The Balaban J connectivity index is 0. The van der Waals surface area contributed by atoms with Crippen molar-refractivity contribution >= 4 is 24.2 Å². The zero-order valence-corrected chi connectivity index (χ0v) is 18.1. The van der Waals surface area contributed by atoms with E-state index in [2.05, 4.69) is 45.0 Å². The number of azo groups is 1. The van der Waals surface area contributed by atoms with Gasteiger partial charge in [-0.2, -0.15) is 0 Å². The summed E-state index contributed by atoms with van der Waals surface area (Å²) >= 11 is 0. The lowest BCUT2D eigenvalue weighted by Crippen LogP contribution is -2.09. The van der Waals surface area contributed by atoms with E-state index in [1.54, 1.807) is 33.8 Å². The van der Waals surface area contributed by atoms with Crippen LogP contribution in [-0.2, 0) is 14.3 Å². The molecule has 164 valence electrons. The minimum absolute atomic E-state index is 0.176. The number of amides is 2. The van der Waals surface area contributed by atoms with Crippen molar-refractivity contribution in [1.82, 2.24) is 0 Å². The number of aliphatic carboxylic acids is 1. The number of carbonyl (C=O) groups is 3. The summed E-state index contributed by atoms with van der Waals surface area (Å²) in [5.41, 5.74) is 1.39. The van der Waals surface area contributed by atoms with Gasteiger partial charge < -0.3 is 14.6 Å². The average molecular weight is 418 g/mol. The van der Waals surface area contributed by atoms with E-state index in [9.17, 15) is 14.4 Å². The fourth-order valence-electron chi connectivity index (χ4n) is 1.28. The molecule has 0 aromatic heterocycles. The van der Waals surface area contributed by atoms with Crippen LogP contribution >= 0.6 is 0 Å². The maximum atomic E-state index is 10.8. The summed E-state index contributed by atoms with van der Waals surface area (Å²) in [5, 5.41) is 13.9. The van der Waals surface area contributed by atoms with Gasteiger partial charge in [-0.05, 0) is 40.2 Å². The van der Waals surface area contributed by atoms with E-state index in [1.807, 2.05) is 30.4 Å². The SMILES string of the molecule is C=C(C)C(=O)O.C=CC=Cc1ccccc1.CC(C)OC(=O)N=NC(=O)OC(C)C. The van der Waals surface area contributed by atoms with Crippen LogP contribution in [0.25, 0.3) is 6.08 Å². The van der Waals surface area contributed by atoms with Crippen LogP contribution in [0.15, 0.2) is 71.4 Å². The van der Waals surface area contributed by atoms with Crippen molar-refractivity contribution in [3.8, 4) is 0 Å². The van der Waals surface area contributed by atoms with Gasteiger partial charge in [0.25, 0.3) is 0 Å². The molecule has 1 aromatic carbocycles. The van der Waals surface area contributed by atoms with Gasteiger partial charge in [-0.3, -0.25) is 0 Å². The molecule has 2 amide bonds. The van der Waals surface area contributed by atoms with Crippen molar-refractivity contribution in [3.05, 3.63) is 66.8 Å². The normalized spacial score (nSPS) is 9.97. The minimum Gasteiger partial charge on any atom is -0.478 e. The third-order valence-electron chi connectivity index (χ3n) is 2.48. The monoisotopic (exact) mass is 418 g/mol. The number of carboxylic acids is 1. The molecule has 0 bridgehead atoms. The molecule has 8 heteroatoms. The van der Waals surface area contributed by atoms with E-state index >= 15 is 0 Å². The molecule has 0 heterocycles. The Kier molecular flexibility index (Phi) is 16.8. The summed E-state index contributed by atoms with van der Waals surface area (Å²) < 4.78 is 9.20. The topological polar surface area (TPSA) is 115 Å². The predicted octanol–water partition coefficient (Wildman–Crippen LogP) is 6.06. The molecule has 0 saturated heterocycles. The molecule has 0 aliphatic carbocycles. The number of rotatable bonds is 5. The number of carboxylic acid groups (broad SMARTS) is 1. The third-order valence-corrected chi connectivity index (χ3v) is 2.48. The Morgan fingerprint density at radius 1 is 0.967 bits per heavy atom. The number of allylic oxidation sites excluding steroid dienone is 2. The molecule has 0 fully saturated rings. The zero-order valence-electron chi connectivity index (χ0n) is 18.1. The van der Waals surface area contributed by atoms with Gasteiger partial charge in [0.2, 0.25) is 0 Å². The minimum atomic E-state index is -0.935. The van der Waals surface area contributed by atoms with Crippen LogP contribution in [0.5, 0.6) is 0 Å². The number of benzene rings is 1. The van der Waals surface area contributed by atoms with Crippen molar-refractivity contribution in [2.75, 3.05) is 0 Å². The van der Waals surface area contributed by atoms with Gasteiger partial charge in [-0.1, -0.05) is 71.9 Å².